The summed E-state index contributed by atoms with van der Waals surface area (Å²) in [7, 11) is 2.81. The largest absolute Gasteiger partial charge is 0.726 e. The fourth-order valence-electron chi connectivity index (χ4n) is 1.04. The lowest BCUT2D eigenvalue weighted by molar-refractivity contribution is -0.870. The van der Waals surface area contributed by atoms with E-state index >= 15 is 0 Å². The molecule has 0 aromatic rings. The summed E-state index contributed by atoms with van der Waals surface area (Å²) in [5.41, 5.74) is -0.337. The van der Waals surface area contributed by atoms with Crippen molar-refractivity contribution >= 4 is 16.4 Å². The minimum atomic E-state index is -4.41. The number of ether oxygens (including phenoxy) is 1. The third-order valence-electron chi connectivity index (χ3n) is 2.85. The number of rotatable bonds is 7. The van der Waals surface area contributed by atoms with Gasteiger partial charge >= 0.3 is 5.97 Å². The van der Waals surface area contributed by atoms with E-state index in [-0.39, 0.29) is 11.4 Å². The van der Waals surface area contributed by atoms with Gasteiger partial charge in [0.05, 0.1) is 46.8 Å². The molecule has 0 N–H and O–H groups in total. The molecule has 0 saturated carbocycles. The van der Waals surface area contributed by atoms with Crippen LogP contribution in [0, 0.1) is 5.41 Å². The van der Waals surface area contributed by atoms with E-state index < -0.39 is 10.4 Å². The van der Waals surface area contributed by atoms with Gasteiger partial charge in [0.25, 0.3) is 0 Å². The van der Waals surface area contributed by atoms with Crippen LogP contribution in [0.15, 0.2) is 0 Å². The van der Waals surface area contributed by atoms with Crippen LogP contribution in [-0.4, -0.2) is 64.8 Å². The van der Waals surface area contributed by atoms with Gasteiger partial charge in [0, 0.05) is 6.42 Å². The van der Waals surface area contributed by atoms with E-state index in [4.69, 9.17) is 4.74 Å². The molecular weight excluding hydrogens is 298 g/mol. The smallest absolute Gasteiger partial charge is 0.311 e. The Morgan fingerprint density at radius 3 is 1.95 bits per heavy atom. The molecule has 0 aromatic heterocycles. The lowest BCUT2D eigenvalue weighted by Crippen LogP contribution is -2.36. The molecule has 7 nitrogen and oxygen atoms in total. The number of carbonyl (C=O) groups is 1. The molecule has 0 aliphatic rings. The Hall–Kier alpha value is -0.700. The number of esters is 1. The maximum atomic E-state index is 11.6. The zero-order valence-electron chi connectivity index (χ0n) is 14.1. The van der Waals surface area contributed by atoms with Crippen molar-refractivity contribution in [3.05, 3.63) is 0 Å². The summed E-state index contributed by atoms with van der Waals surface area (Å²) in [6.45, 7) is 7.43. The van der Waals surface area contributed by atoms with E-state index in [1.807, 2.05) is 20.8 Å². The molecule has 0 aromatic carbocycles. The van der Waals surface area contributed by atoms with Crippen LogP contribution in [0.4, 0.5) is 0 Å². The minimum Gasteiger partial charge on any atom is -0.726 e. The number of carbonyl (C=O) groups excluding carboxylic acids is 1. The molecular formula is C13H29NO6S. The fourth-order valence-corrected chi connectivity index (χ4v) is 1.04. The molecule has 0 radical (unpaired) electrons. The highest BCUT2D eigenvalue weighted by atomic mass is 32.3. The predicted molar refractivity (Wildman–Crippen MR) is 79.3 cm³/mol. The summed E-state index contributed by atoms with van der Waals surface area (Å²) in [4.78, 5) is 11.6. The molecule has 0 aliphatic heterocycles. The molecule has 8 heteroatoms. The standard InChI is InChI=1S/C12H26NO2.CH4O4S/c1-7-12(2,3)11(14)15-10-8-9-13(4,5)6;1-5-6(2,3)4/h7-10H2,1-6H3;1H3,(H,2,3,4)/q+1;/p-1. The molecule has 128 valence electrons. The summed E-state index contributed by atoms with van der Waals surface area (Å²) in [6, 6.07) is 0. The molecule has 0 heterocycles. The van der Waals surface area contributed by atoms with Crippen LogP contribution in [0.5, 0.6) is 0 Å². The van der Waals surface area contributed by atoms with Crippen molar-refractivity contribution in [2.75, 3.05) is 41.4 Å². The summed E-state index contributed by atoms with van der Waals surface area (Å²) >= 11 is 0. The number of hydrogen-bond donors (Lipinski definition) is 0. The molecule has 0 unspecified atom stereocenters. The Kier molecular flexibility index (Phi) is 10.0. The predicted octanol–water partition coefficient (Wildman–Crippen LogP) is 1.16. The SMILES string of the molecule is CCC(C)(C)C(=O)OCCC[N+](C)(C)C.COS(=O)(=O)[O-]. The van der Waals surface area contributed by atoms with Gasteiger partial charge in [-0.25, -0.2) is 8.42 Å². The molecule has 0 rings (SSSR count). The van der Waals surface area contributed by atoms with Crippen molar-refractivity contribution < 1.29 is 31.2 Å². The highest BCUT2D eigenvalue weighted by Gasteiger charge is 2.26. The molecule has 0 aliphatic carbocycles. The van der Waals surface area contributed by atoms with Crippen LogP contribution in [-0.2, 0) is 24.1 Å². The van der Waals surface area contributed by atoms with Crippen LogP contribution in [0.2, 0.25) is 0 Å². The summed E-state index contributed by atoms with van der Waals surface area (Å²) in [6.07, 6.45) is 1.75. The molecule has 0 amide bonds. The fraction of sp³-hybridized carbons (Fsp3) is 0.923. The monoisotopic (exact) mass is 327 g/mol. The van der Waals surface area contributed by atoms with E-state index in [0.717, 1.165) is 31.0 Å². The Balaban J connectivity index is 0. The van der Waals surface area contributed by atoms with E-state index in [2.05, 4.69) is 25.3 Å². The number of quaternary nitrogens is 1. The van der Waals surface area contributed by atoms with E-state index in [0.29, 0.717) is 6.61 Å². The van der Waals surface area contributed by atoms with Gasteiger partial charge in [-0.15, -0.1) is 0 Å². The van der Waals surface area contributed by atoms with Crippen LogP contribution < -0.4 is 0 Å². The topological polar surface area (TPSA) is 92.7 Å². The summed E-state index contributed by atoms with van der Waals surface area (Å²) in [5, 5.41) is 0. The van der Waals surface area contributed by atoms with Crippen molar-refractivity contribution in [3.63, 3.8) is 0 Å². The first-order valence-electron chi connectivity index (χ1n) is 6.74. The van der Waals surface area contributed by atoms with Crippen LogP contribution in [0.25, 0.3) is 0 Å². The third kappa shape index (κ3) is 15.5. The first kappa shape index (κ1) is 22.6. The Morgan fingerprint density at radius 1 is 1.24 bits per heavy atom. The van der Waals surface area contributed by atoms with Gasteiger partial charge in [0.2, 0.25) is 10.4 Å². The van der Waals surface area contributed by atoms with Gasteiger partial charge in [-0.05, 0) is 20.3 Å². The lowest BCUT2D eigenvalue weighted by Gasteiger charge is -2.24. The average molecular weight is 327 g/mol. The maximum Gasteiger partial charge on any atom is 0.311 e. The highest BCUT2D eigenvalue weighted by molar-refractivity contribution is 7.80. The van der Waals surface area contributed by atoms with Crippen molar-refractivity contribution in [3.8, 4) is 0 Å². The van der Waals surface area contributed by atoms with Crippen molar-refractivity contribution in [1.29, 1.82) is 0 Å². The van der Waals surface area contributed by atoms with Gasteiger partial charge in [0.1, 0.15) is 0 Å². The minimum absolute atomic E-state index is 0.0774. The molecule has 0 bridgehead atoms. The quantitative estimate of drug-likeness (QED) is 0.229. The van der Waals surface area contributed by atoms with Gasteiger partial charge in [-0.3, -0.25) is 8.98 Å². The van der Waals surface area contributed by atoms with Crippen LogP contribution in [0.1, 0.15) is 33.6 Å². The first-order chi connectivity index (χ1) is 9.25. The number of nitrogens with zero attached hydrogens (tertiary/aromatic N) is 1. The Morgan fingerprint density at radius 2 is 1.67 bits per heavy atom. The van der Waals surface area contributed by atoms with E-state index in [1.54, 1.807) is 0 Å². The second-order valence-corrected chi connectivity index (χ2v) is 7.47. The molecule has 0 atom stereocenters. The van der Waals surface area contributed by atoms with Gasteiger partial charge in [-0.2, -0.15) is 0 Å². The molecule has 0 spiro atoms. The van der Waals surface area contributed by atoms with Crippen molar-refractivity contribution in [1.82, 2.24) is 0 Å². The third-order valence-corrected chi connectivity index (χ3v) is 3.26. The maximum absolute atomic E-state index is 11.6. The van der Waals surface area contributed by atoms with Gasteiger partial charge < -0.3 is 13.8 Å². The molecule has 21 heavy (non-hydrogen) atoms. The number of hydrogen-bond acceptors (Lipinski definition) is 6. The van der Waals surface area contributed by atoms with Crippen molar-refractivity contribution in [2.24, 2.45) is 5.41 Å². The molecule has 0 fully saturated rings. The van der Waals surface area contributed by atoms with E-state index in [9.17, 15) is 17.8 Å². The van der Waals surface area contributed by atoms with Crippen LogP contribution in [0.3, 0.4) is 0 Å². The normalized spacial score (nSPS) is 12.4. The lowest BCUT2D eigenvalue weighted by atomic mass is 9.91. The summed E-state index contributed by atoms with van der Waals surface area (Å²) in [5.74, 6) is -0.0774. The summed E-state index contributed by atoms with van der Waals surface area (Å²) < 4.78 is 37.2. The van der Waals surface area contributed by atoms with E-state index in [1.165, 1.54) is 0 Å². The van der Waals surface area contributed by atoms with Gasteiger partial charge in [0.15, 0.2) is 0 Å². The average Bonchev–Trinajstić information content (AvgIpc) is 2.33. The molecule has 0 saturated heterocycles. The second kappa shape index (κ2) is 9.34. The first-order valence-corrected chi connectivity index (χ1v) is 8.07. The Labute approximate surface area is 128 Å². The zero-order valence-corrected chi connectivity index (χ0v) is 14.9. The van der Waals surface area contributed by atoms with Crippen LogP contribution >= 0.6 is 0 Å². The highest BCUT2D eigenvalue weighted by Crippen LogP contribution is 2.21. The second-order valence-electron chi connectivity index (χ2n) is 6.32. The van der Waals surface area contributed by atoms with Crippen molar-refractivity contribution in [2.45, 2.75) is 33.6 Å². The Bertz CT molecular complexity index is 397. The van der Waals surface area contributed by atoms with Gasteiger partial charge in [-0.1, -0.05) is 6.92 Å². The zero-order chi connectivity index (χ0) is 17.3.